The topological polar surface area (TPSA) is 36.3 Å². The second-order valence-corrected chi connectivity index (χ2v) is 8.77. The zero-order chi connectivity index (χ0) is 20.9. The van der Waals surface area contributed by atoms with Crippen molar-refractivity contribution in [3.8, 4) is 17.1 Å². The molecule has 5 heteroatoms. The summed E-state index contributed by atoms with van der Waals surface area (Å²) in [5.41, 5.74) is 4.30. The van der Waals surface area contributed by atoms with Crippen molar-refractivity contribution >= 4 is 23.6 Å². The van der Waals surface area contributed by atoms with E-state index in [9.17, 15) is 0 Å². The Morgan fingerprint density at radius 1 is 0.733 bits per heavy atom. The van der Waals surface area contributed by atoms with Crippen molar-refractivity contribution < 1.29 is 9.31 Å². The van der Waals surface area contributed by atoms with Crippen LogP contribution in [0.2, 0.25) is 0 Å². The molecule has 0 spiro atoms. The third-order valence-electron chi connectivity index (χ3n) is 6.28. The molecule has 4 aromatic rings. The normalized spacial score (nSPS) is 17.5. The highest BCUT2D eigenvalue weighted by atomic mass is 16.7. The van der Waals surface area contributed by atoms with Crippen molar-refractivity contribution in [2.24, 2.45) is 0 Å². The van der Waals surface area contributed by atoms with Crippen molar-refractivity contribution in [3.05, 3.63) is 78.9 Å². The Bertz CT molecular complexity index is 1200. The zero-order valence-corrected chi connectivity index (χ0v) is 17.8. The minimum absolute atomic E-state index is 0.399. The number of fused-ring (bicyclic) bond motifs is 1. The van der Waals surface area contributed by atoms with Gasteiger partial charge in [-0.1, -0.05) is 60.7 Å². The van der Waals surface area contributed by atoms with E-state index in [1.807, 2.05) is 42.5 Å². The maximum absolute atomic E-state index is 6.39. The van der Waals surface area contributed by atoms with Gasteiger partial charge in [0.1, 0.15) is 5.82 Å². The smallest absolute Gasteiger partial charge is 0.399 e. The van der Waals surface area contributed by atoms with Gasteiger partial charge >= 0.3 is 7.12 Å². The van der Waals surface area contributed by atoms with E-state index < -0.39 is 18.3 Å². The first-order chi connectivity index (χ1) is 14.4. The molecule has 0 saturated carbocycles. The van der Waals surface area contributed by atoms with Crippen LogP contribution in [0.5, 0.6) is 0 Å². The maximum atomic E-state index is 6.39. The van der Waals surface area contributed by atoms with Gasteiger partial charge < -0.3 is 9.31 Å². The molecule has 0 bridgehead atoms. The van der Waals surface area contributed by atoms with Crippen LogP contribution in [-0.4, -0.2) is 27.9 Å². The van der Waals surface area contributed by atoms with Crippen LogP contribution in [0.3, 0.4) is 0 Å². The molecule has 1 saturated heterocycles. The Kier molecular flexibility index (Phi) is 4.35. The summed E-state index contributed by atoms with van der Waals surface area (Å²) < 4.78 is 15.0. The monoisotopic (exact) mass is 396 g/mol. The van der Waals surface area contributed by atoms with Crippen LogP contribution in [0, 0.1) is 0 Å². The summed E-state index contributed by atoms with van der Waals surface area (Å²) in [6, 6.07) is 26.8. The highest BCUT2D eigenvalue weighted by molar-refractivity contribution is 6.63. The summed E-state index contributed by atoms with van der Waals surface area (Å²) in [5, 5.41) is 0. The summed E-state index contributed by atoms with van der Waals surface area (Å²) in [7, 11) is -0.448. The van der Waals surface area contributed by atoms with Crippen molar-refractivity contribution in [1.29, 1.82) is 0 Å². The average Bonchev–Trinajstić information content (AvgIpc) is 3.22. The number of aromatic nitrogens is 2. The predicted molar refractivity (Wildman–Crippen MR) is 122 cm³/mol. The van der Waals surface area contributed by atoms with Gasteiger partial charge in [-0.25, -0.2) is 4.98 Å². The van der Waals surface area contributed by atoms with Crippen molar-refractivity contribution in [2.45, 2.75) is 38.9 Å². The van der Waals surface area contributed by atoms with Gasteiger partial charge in [0.25, 0.3) is 0 Å². The van der Waals surface area contributed by atoms with Crippen LogP contribution in [0.4, 0.5) is 0 Å². The molecule has 150 valence electrons. The van der Waals surface area contributed by atoms with Gasteiger partial charge in [0.05, 0.1) is 22.2 Å². The van der Waals surface area contributed by atoms with Crippen LogP contribution in [0.15, 0.2) is 78.9 Å². The molecule has 0 unspecified atom stereocenters. The number of hydrogen-bond donors (Lipinski definition) is 0. The summed E-state index contributed by atoms with van der Waals surface area (Å²) in [4.78, 5) is 4.97. The summed E-state index contributed by atoms with van der Waals surface area (Å²) >= 11 is 0. The second kappa shape index (κ2) is 6.83. The minimum atomic E-state index is -0.448. The lowest BCUT2D eigenvalue weighted by Gasteiger charge is -2.32. The first-order valence-corrected chi connectivity index (χ1v) is 10.4. The lowest BCUT2D eigenvalue weighted by atomic mass is 9.77. The van der Waals surface area contributed by atoms with Crippen LogP contribution in [-0.2, 0) is 9.31 Å². The zero-order valence-electron chi connectivity index (χ0n) is 17.8. The van der Waals surface area contributed by atoms with Gasteiger partial charge in [-0.05, 0) is 45.9 Å². The number of nitrogens with zero attached hydrogens (tertiary/aromatic N) is 2. The molecule has 1 fully saturated rings. The van der Waals surface area contributed by atoms with Crippen LogP contribution >= 0.6 is 0 Å². The molecule has 0 radical (unpaired) electrons. The van der Waals surface area contributed by atoms with Crippen molar-refractivity contribution in [2.75, 3.05) is 0 Å². The van der Waals surface area contributed by atoms with E-state index >= 15 is 0 Å². The van der Waals surface area contributed by atoms with E-state index in [0.717, 1.165) is 33.6 Å². The summed E-state index contributed by atoms with van der Waals surface area (Å²) in [6.45, 7) is 8.32. The van der Waals surface area contributed by atoms with Crippen molar-refractivity contribution in [3.63, 3.8) is 0 Å². The SMILES string of the molecule is CC1(C)OB(c2ccccc2-n2c(-c3ccccc3)nc3ccccc32)OC1(C)C. The minimum Gasteiger partial charge on any atom is -0.399 e. The molecule has 0 atom stereocenters. The van der Waals surface area contributed by atoms with Gasteiger partial charge in [0.2, 0.25) is 0 Å². The molecule has 5 rings (SSSR count). The van der Waals surface area contributed by atoms with Gasteiger partial charge in [-0.3, -0.25) is 4.57 Å². The Morgan fingerprint density at radius 2 is 1.33 bits per heavy atom. The van der Waals surface area contributed by atoms with E-state index in [1.54, 1.807) is 0 Å². The second-order valence-electron chi connectivity index (χ2n) is 8.77. The summed E-state index contributed by atoms with van der Waals surface area (Å²) in [6.07, 6.45) is 0. The quantitative estimate of drug-likeness (QED) is 0.458. The fourth-order valence-corrected chi connectivity index (χ4v) is 3.91. The average molecular weight is 396 g/mol. The summed E-state index contributed by atoms with van der Waals surface area (Å²) in [5.74, 6) is 0.903. The molecular weight excluding hydrogens is 371 g/mol. The predicted octanol–water partition coefficient (Wildman–Crippen LogP) is 4.99. The lowest BCUT2D eigenvalue weighted by Crippen LogP contribution is -2.41. The largest absolute Gasteiger partial charge is 0.496 e. The highest BCUT2D eigenvalue weighted by Gasteiger charge is 2.52. The fraction of sp³-hybridized carbons (Fsp3) is 0.240. The van der Waals surface area contributed by atoms with Crippen LogP contribution < -0.4 is 5.46 Å². The van der Waals surface area contributed by atoms with E-state index in [4.69, 9.17) is 14.3 Å². The third kappa shape index (κ3) is 2.97. The van der Waals surface area contributed by atoms with E-state index in [2.05, 4.69) is 68.7 Å². The highest BCUT2D eigenvalue weighted by Crippen LogP contribution is 2.37. The van der Waals surface area contributed by atoms with E-state index in [-0.39, 0.29) is 0 Å². The van der Waals surface area contributed by atoms with Gasteiger partial charge in [-0.15, -0.1) is 0 Å². The Morgan fingerprint density at radius 3 is 2.07 bits per heavy atom. The molecule has 1 aliphatic rings. The molecule has 30 heavy (non-hydrogen) atoms. The van der Waals surface area contributed by atoms with Gasteiger partial charge in [0.15, 0.2) is 0 Å². The number of hydrogen-bond acceptors (Lipinski definition) is 3. The van der Waals surface area contributed by atoms with E-state index in [0.29, 0.717) is 0 Å². The Labute approximate surface area is 177 Å². The molecule has 4 nitrogen and oxygen atoms in total. The van der Waals surface area contributed by atoms with E-state index in [1.165, 1.54) is 0 Å². The maximum Gasteiger partial charge on any atom is 0.496 e. The number of imidazole rings is 1. The molecular formula is C25H25BN2O2. The molecule has 1 aromatic heterocycles. The standard InChI is InChI=1S/C25H25BN2O2/c1-24(2)25(3,4)30-26(29-24)19-14-8-10-16-21(19)28-22-17-11-9-15-20(22)27-23(28)18-12-6-5-7-13-18/h5-17H,1-4H3. The molecule has 2 heterocycles. The third-order valence-corrected chi connectivity index (χ3v) is 6.28. The lowest BCUT2D eigenvalue weighted by molar-refractivity contribution is 0.00578. The van der Waals surface area contributed by atoms with Crippen LogP contribution in [0.25, 0.3) is 28.1 Å². The van der Waals surface area contributed by atoms with Crippen molar-refractivity contribution in [1.82, 2.24) is 9.55 Å². The van der Waals surface area contributed by atoms with Gasteiger partial charge in [-0.2, -0.15) is 0 Å². The fourth-order valence-electron chi connectivity index (χ4n) is 3.91. The Hall–Kier alpha value is -2.89. The van der Waals surface area contributed by atoms with Crippen LogP contribution in [0.1, 0.15) is 27.7 Å². The number of rotatable bonds is 3. The first-order valence-electron chi connectivity index (χ1n) is 10.4. The molecule has 1 aliphatic heterocycles. The number of para-hydroxylation sites is 3. The number of benzene rings is 3. The first kappa shape index (κ1) is 19.1. The Balaban J connectivity index is 1.74. The molecule has 0 aliphatic carbocycles. The molecule has 0 amide bonds. The van der Waals surface area contributed by atoms with Gasteiger partial charge in [0, 0.05) is 16.7 Å². The molecule has 0 N–H and O–H groups in total. The molecule has 3 aromatic carbocycles.